The van der Waals surface area contributed by atoms with Crippen molar-refractivity contribution >= 4 is 58.2 Å². The molecule has 0 aliphatic carbocycles. The topological polar surface area (TPSA) is 97.1 Å². The molecular weight excluding hydrogens is 423 g/mol. The van der Waals surface area contributed by atoms with Crippen molar-refractivity contribution in [3.63, 3.8) is 0 Å². The standard InChI is InChI=1S/C18H14Cl2N4O3S/c1-10(25)21-13-6-7-15(14(20)8-13)22-16(26)9-28-18-24-23-17(27-18)11-2-4-12(19)5-3-11/h2-8H,9H2,1H3,(H,21,25)(H,22,26). The van der Waals surface area contributed by atoms with Crippen LogP contribution in [0.15, 0.2) is 52.1 Å². The number of carbonyl (C=O) groups is 2. The molecule has 0 aliphatic rings. The molecule has 0 atom stereocenters. The Kier molecular flexibility index (Phi) is 6.56. The largest absolute Gasteiger partial charge is 0.411 e. The number of nitrogens with zero attached hydrogens (tertiary/aromatic N) is 2. The Labute approximate surface area is 174 Å². The van der Waals surface area contributed by atoms with E-state index in [2.05, 4.69) is 20.8 Å². The van der Waals surface area contributed by atoms with Gasteiger partial charge in [0, 0.05) is 23.2 Å². The predicted octanol–water partition coefficient (Wildman–Crippen LogP) is 4.73. The molecule has 3 rings (SSSR count). The van der Waals surface area contributed by atoms with Gasteiger partial charge in [-0.2, -0.15) is 0 Å². The van der Waals surface area contributed by atoms with Crippen molar-refractivity contribution in [3.8, 4) is 11.5 Å². The van der Waals surface area contributed by atoms with Crippen LogP contribution in [-0.4, -0.2) is 27.8 Å². The van der Waals surface area contributed by atoms with Crippen LogP contribution in [0.4, 0.5) is 11.4 Å². The second-order valence-electron chi connectivity index (χ2n) is 5.59. The maximum atomic E-state index is 12.2. The van der Waals surface area contributed by atoms with Crippen LogP contribution in [-0.2, 0) is 9.59 Å². The van der Waals surface area contributed by atoms with E-state index in [0.717, 1.165) is 17.3 Å². The first-order valence-corrected chi connectivity index (χ1v) is 9.74. The minimum atomic E-state index is -0.287. The first kappa shape index (κ1) is 20.2. The van der Waals surface area contributed by atoms with E-state index in [1.807, 2.05) is 0 Å². The molecule has 28 heavy (non-hydrogen) atoms. The third kappa shape index (κ3) is 5.48. The van der Waals surface area contributed by atoms with Gasteiger partial charge in [-0.15, -0.1) is 10.2 Å². The van der Waals surface area contributed by atoms with Gasteiger partial charge >= 0.3 is 0 Å². The molecule has 0 radical (unpaired) electrons. The summed E-state index contributed by atoms with van der Waals surface area (Å²) < 4.78 is 5.54. The van der Waals surface area contributed by atoms with Gasteiger partial charge in [-0.3, -0.25) is 9.59 Å². The average Bonchev–Trinajstić information content (AvgIpc) is 3.11. The smallest absolute Gasteiger partial charge is 0.277 e. The molecule has 0 spiro atoms. The lowest BCUT2D eigenvalue weighted by Crippen LogP contribution is -2.14. The molecule has 0 unspecified atom stereocenters. The Morgan fingerprint density at radius 2 is 1.82 bits per heavy atom. The Hall–Kier alpha value is -2.55. The molecule has 144 valence electrons. The fourth-order valence-electron chi connectivity index (χ4n) is 2.19. The molecule has 2 amide bonds. The first-order chi connectivity index (χ1) is 13.4. The zero-order chi connectivity index (χ0) is 20.1. The summed E-state index contributed by atoms with van der Waals surface area (Å²) in [6, 6.07) is 11.8. The first-order valence-electron chi connectivity index (χ1n) is 8.00. The minimum Gasteiger partial charge on any atom is -0.411 e. The molecule has 7 nitrogen and oxygen atoms in total. The summed E-state index contributed by atoms with van der Waals surface area (Å²) in [6.45, 7) is 1.40. The summed E-state index contributed by atoms with van der Waals surface area (Å²) in [5.74, 6) is -0.0881. The molecule has 10 heteroatoms. The molecule has 3 aromatic rings. The molecule has 2 N–H and O–H groups in total. The number of amides is 2. The third-order valence-corrected chi connectivity index (χ3v) is 4.77. The highest BCUT2D eigenvalue weighted by molar-refractivity contribution is 7.99. The van der Waals surface area contributed by atoms with E-state index in [-0.39, 0.29) is 22.8 Å². The number of halogens is 2. The van der Waals surface area contributed by atoms with Crippen molar-refractivity contribution in [1.82, 2.24) is 10.2 Å². The van der Waals surface area contributed by atoms with Gasteiger partial charge in [-0.05, 0) is 42.5 Å². The molecule has 0 saturated carbocycles. The van der Waals surface area contributed by atoms with E-state index in [0.29, 0.717) is 27.3 Å². The van der Waals surface area contributed by atoms with Gasteiger partial charge in [0.05, 0.1) is 16.5 Å². The van der Waals surface area contributed by atoms with Gasteiger partial charge in [0.15, 0.2) is 0 Å². The van der Waals surface area contributed by atoms with Gasteiger partial charge in [-0.1, -0.05) is 35.0 Å². The maximum Gasteiger partial charge on any atom is 0.277 e. The van der Waals surface area contributed by atoms with Crippen molar-refractivity contribution in [2.45, 2.75) is 12.1 Å². The molecule has 1 heterocycles. The SMILES string of the molecule is CC(=O)Nc1ccc(NC(=O)CSc2nnc(-c3ccc(Cl)cc3)o2)c(Cl)c1. The zero-order valence-corrected chi connectivity index (χ0v) is 16.9. The molecular formula is C18H14Cl2N4O3S. The van der Waals surface area contributed by atoms with Crippen LogP contribution in [0.5, 0.6) is 0 Å². The molecule has 0 saturated heterocycles. The number of nitrogens with one attached hydrogen (secondary N) is 2. The quantitative estimate of drug-likeness (QED) is 0.541. The molecule has 1 aromatic heterocycles. The van der Waals surface area contributed by atoms with Crippen molar-refractivity contribution < 1.29 is 14.0 Å². The van der Waals surface area contributed by atoms with E-state index in [1.54, 1.807) is 42.5 Å². The Bertz CT molecular complexity index is 1010. The van der Waals surface area contributed by atoms with Crippen molar-refractivity contribution in [3.05, 3.63) is 52.5 Å². The summed E-state index contributed by atoms with van der Waals surface area (Å²) in [5.41, 5.74) is 1.72. The number of hydrogen-bond donors (Lipinski definition) is 2. The molecule has 2 aromatic carbocycles. The van der Waals surface area contributed by atoms with E-state index in [4.69, 9.17) is 27.6 Å². The normalized spacial score (nSPS) is 10.5. The van der Waals surface area contributed by atoms with Gasteiger partial charge in [0.2, 0.25) is 17.7 Å². The Balaban J connectivity index is 1.56. The number of benzene rings is 2. The van der Waals surface area contributed by atoms with Crippen LogP contribution >= 0.6 is 35.0 Å². The van der Waals surface area contributed by atoms with Crippen molar-refractivity contribution in [2.75, 3.05) is 16.4 Å². The Morgan fingerprint density at radius 1 is 1.07 bits per heavy atom. The van der Waals surface area contributed by atoms with E-state index < -0.39 is 0 Å². The summed E-state index contributed by atoms with van der Waals surface area (Å²) >= 11 is 13.1. The highest BCUT2D eigenvalue weighted by Gasteiger charge is 2.12. The van der Waals surface area contributed by atoms with Gasteiger partial charge in [-0.25, -0.2) is 0 Å². The maximum absolute atomic E-state index is 12.2. The fourth-order valence-corrected chi connectivity index (χ4v) is 3.11. The number of rotatable bonds is 6. The van der Waals surface area contributed by atoms with Crippen LogP contribution < -0.4 is 10.6 Å². The summed E-state index contributed by atoms with van der Waals surface area (Å²) in [6.07, 6.45) is 0. The molecule has 0 bridgehead atoms. The van der Waals surface area contributed by atoms with E-state index in [9.17, 15) is 9.59 Å². The molecule has 0 aliphatic heterocycles. The second-order valence-corrected chi connectivity index (χ2v) is 7.36. The van der Waals surface area contributed by atoms with Crippen LogP contribution in [0.25, 0.3) is 11.5 Å². The predicted molar refractivity (Wildman–Crippen MR) is 110 cm³/mol. The summed E-state index contributed by atoms with van der Waals surface area (Å²) in [5, 5.41) is 14.4. The van der Waals surface area contributed by atoms with Gasteiger partial charge in [0.1, 0.15) is 0 Å². The number of aromatic nitrogens is 2. The number of thioether (sulfide) groups is 1. The van der Waals surface area contributed by atoms with Crippen LogP contribution in [0, 0.1) is 0 Å². The second kappa shape index (κ2) is 9.09. The lowest BCUT2D eigenvalue weighted by Gasteiger charge is -2.08. The Morgan fingerprint density at radius 3 is 2.50 bits per heavy atom. The average molecular weight is 437 g/mol. The summed E-state index contributed by atoms with van der Waals surface area (Å²) in [7, 11) is 0. The highest BCUT2D eigenvalue weighted by Crippen LogP contribution is 2.27. The lowest BCUT2D eigenvalue weighted by atomic mass is 10.2. The van der Waals surface area contributed by atoms with Crippen molar-refractivity contribution in [1.29, 1.82) is 0 Å². The lowest BCUT2D eigenvalue weighted by molar-refractivity contribution is -0.114. The van der Waals surface area contributed by atoms with Gasteiger partial charge < -0.3 is 15.1 Å². The van der Waals surface area contributed by atoms with E-state index >= 15 is 0 Å². The minimum absolute atomic E-state index is 0.0615. The highest BCUT2D eigenvalue weighted by atomic mass is 35.5. The third-order valence-electron chi connectivity index (χ3n) is 3.39. The van der Waals surface area contributed by atoms with Crippen molar-refractivity contribution in [2.24, 2.45) is 0 Å². The number of hydrogen-bond acceptors (Lipinski definition) is 6. The van der Waals surface area contributed by atoms with Crippen LogP contribution in [0.3, 0.4) is 0 Å². The number of anilines is 2. The summed E-state index contributed by atoms with van der Waals surface area (Å²) in [4.78, 5) is 23.2. The molecule has 0 fully saturated rings. The van der Waals surface area contributed by atoms with Crippen LogP contribution in [0.2, 0.25) is 10.0 Å². The number of carbonyl (C=O) groups excluding carboxylic acids is 2. The van der Waals surface area contributed by atoms with Crippen LogP contribution in [0.1, 0.15) is 6.92 Å². The zero-order valence-electron chi connectivity index (χ0n) is 14.5. The van der Waals surface area contributed by atoms with E-state index in [1.165, 1.54) is 6.92 Å². The monoisotopic (exact) mass is 436 g/mol. The fraction of sp³-hybridized carbons (Fsp3) is 0.111. The van der Waals surface area contributed by atoms with Gasteiger partial charge in [0.25, 0.3) is 5.22 Å².